The lowest BCUT2D eigenvalue weighted by Crippen LogP contribution is -2.30. The van der Waals surface area contributed by atoms with Gasteiger partial charge in [0, 0.05) is 37.3 Å². The van der Waals surface area contributed by atoms with E-state index in [0.29, 0.717) is 0 Å². The normalized spacial score (nSPS) is 16.7. The van der Waals surface area contributed by atoms with Gasteiger partial charge in [0.15, 0.2) is 0 Å². The van der Waals surface area contributed by atoms with Crippen molar-refractivity contribution in [3.63, 3.8) is 0 Å². The summed E-state index contributed by atoms with van der Waals surface area (Å²) in [5.74, 6) is 2.14. The van der Waals surface area contributed by atoms with Gasteiger partial charge in [-0.3, -0.25) is 0 Å². The highest BCUT2D eigenvalue weighted by molar-refractivity contribution is 5.49. The predicted octanol–water partition coefficient (Wildman–Crippen LogP) is 1.71. The first kappa shape index (κ1) is 13.3. The van der Waals surface area contributed by atoms with Crippen LogP contribution in [0, 0.1) is 6.92 Å². The summed E-state index contributed by atoms with van der Waals surface area (Å²) in [6.07, 6.45) is 3.10. The first-order valence-electron chi connectivity index (χ1n) is 7.08. The highest BCUT2D eigenvalue weighted by Crippen LogP contribution is 2.22. The molecule has 0 radical (unpaired) electrons. The Bertz CT molecular complexity index is 395. The Morgan fingerprint density at radius 1 is 1.11 bits per heavy atom. The fraction of sp³-hybridized carbons (Fsp3) is 0.714. The van der Waals surface area contributed by atoms with Crippen molar-refractivity contribution in [2.45, 2.75) is 40.0 Å². The van der Waals surface area contributed by atoms with Gasteiger partial charge in [0.2, 0.25) is 0 Å². The average Bonchev–Trinajstić information content (AvgIpc) is 2.66. The lowest BCUT2D eigenvalue weighted by molar-refractivity contribution is 0.724. The van der Waals surface area contributed by atoms with Crippen LogP contribution in [0.2, 0.25) is 0 Å². The van der Waals surface area contributed by atoms with Crippen molar-refractivity contribution >= 4 is 5.82 Å². The standard InChI is InChI=1S/C14H24N4/c1-4-12-11(3)16-13(5-2)17-14(12)18-9-6-7-15-8-10-18/h15H,4-10H2,1-3H3. The van der Waals surface area contributed by atoms with E-state index < -0.39 is 0 Å². The molecule has 0 bridgehead atoms. The molecule has 0 spiro atoms. The lowest BCUT2D eigenvalue weighted by atomic mass is 10.1. The van der Waals surface area contributed by atoms with Gasteiger partial charge < -0.3 is 10.2 Å². The fourth-order valence-corrected chi connectivity index (χ4v) is 2.53. The molecule has 0 atom stereocenters. The number of rotatable bonds is 3. The molecule has 18 heavy (non-hydrogen) atoms. The van der Waals surface area contributed by atoms with Crippen molar-refractivity contribution in [1.82, 2.24) is 15.3 Å². The summed E-state index contributed by atoms with van der Waals surface area (Å²) < 4.78 is 0. The van der Waals surface area contributed by atoms with Crippen molar-refractivity contribution in [3.8, 4) is 0 Å². The van der Waals surface area contributed by atoms with Crippen LogP contribution in [0.25, 0.3) is 0 Å². The van der Waals surface area contributed by atoms with E-state index >= 15 is 0 Å². The second-order valence-electron chi connectivity index (χ2n) is 4.83. The first-order valence-corrected chi connectivity index (χ1v) is 7.08. The second-order valence-corrected chi connectivity index (χ2v) is 4.83. The molecule has 4 heteroatoms. The second kappa shape index (κ2) is 6.14. The Labute approximate surface area is 110 Å². The SMILES string of the molecule is CCc1nc(C)c(CC)c(N2CCCNCC2)n1. The molecule has 0 saturated carbocycles. The van der Waals surface area contributed by atoms with E-state index in [4.69, 9.17) is 4.98 Å². The summed E-state index contributed by atoms with van der Waals surface area (Å²) in [6.45, 7) is 10.7. The average molecular weight is 248 g/mol. The third kappa shape index (κ3) is 2.80. The Hall–Kier alpha value is -1.16. The molecule has 1 N–H and O–H groups in total. The Kier molecular flexibility index (Phi) is 4.53. The molecule has 1 aliphatic rings. The number of aromatic nitrogens is 2. The Morgan fingerprint density at radius 3 is 2.67 bits per heavy atom. The number of hydrogen-bond acceptors (Lipinski definition) is 4. The zero-order valence-corrected chi connectivity index (χ0v) is 11.8. The molecule has 1 aliphatic heterocycles. The van der Waals surface area contributed by atoms with Gasteiger partial charge in [0.1, 0.15) is 11.6 Å². The first-order chi connectivity index (χ1) is 8.76. The molecule has 1 aromatic heterocycles. The summed E-state index contributed by atoms with van der Waals surface area (Å²) in [4.78, 5) is 11.8. The minimum Gasteiger partial charge on any atom is -0.355 e. The van der Waals surface area contributed by atoms with Gasteiger partial charge >= 0.3 is 0 Å². The van der Waals surface area contributed by atoms with E-state index in [1.54, 1.807) is 0 Å². The van der Waals surface area contributed by atoms with Crippen LogP contribution in [-0.2, 0) is 12.8 Å². The zero-order chi connectivity index (χ0) is 13.0. The van der Waals surface area contributed by atoms with Crippen LogP contribution < -0.4 is 10.2 Å². The summed E-state index contributed by atoms with van der Waals surface area (Å²) in [7, 11) is 0. The molecule has 1 aromatic rings. The number of anilines is 1. The summed E-state index contributed by atoms with van der Waals surface area (Å²) in [5.41, 5.74) is 2.46. The van der Waals surface area contributed by atoms with Crippen molar-refractivity contribution in [1.29, 1.82) is 0 Å². The van der Waals surface area contributed by atoms with Crippen LogP contribution >= 0.6 is 0 Å². The lowest BCUT2D eigenvalue weighted by Gasteiger charge is -2.25. The van der Waals surface area contributed by atoms with E-state index in [1.807, 2.05) is 0 Å². The summed E-state index contributed by atoms with van der Waals surface area (Å²) in [5, 5.41) is 3.44. The molecule has 100 valence electrons. The number of hydrogen-bond donors (Lipinski definition) is 1. The smallest absolute Gasteiger partial charge is 0.135 e. The maximum atomic E-state index is 4.78. The van der Waals surface area contributed by atoms with Crippen molar-refractivity contribution < 1.29 is 0 Å². The molecule has 4 nitrogen and oxygen atoms in total. The quantitative estimate of drug-likeness (QED) is 0.884. The molecule has 2 heterocycles. The van der Waals surface area contributed by atoms with Crippen molar-refractivity contribution in [2.75, 3.05) is 31.1 Å². The van der Waals surface area contributed by atoms with Crippen molar-refractivity contribution in [2.24, 2.45) is 0 Å². The molecule has 0 aromatic carbocycles. The van der Waals surface area contributed by atoms with E-state index in [1.165, 1.54) is 17.8 Å². The monoisotopic (exact) mass is 248 g/mol. The van der Waals surface area contributed by atoms with Gasteiger partial charge in [-0.2, -0.15) is 0 Å². The highest BCUT2D eigenvalue weighted by Gasteiger charge is 2.17. The minimum absolute atomic E-state index is 0.907. The molecular formula is C14H24N4. The maximum absolute atomic E-state index is 4.78. The van der Waals surface area contributed by atoms with E-state index in [0.717, 1.165) is 50.5 Å². The third-order valence-electron chi connectivity index (χ3n) is 3.55. The predicted molar refractivity (Wildman–Crippen MR) is 75.2 cm³/mol. The maximum Gasteiger partial charge on any atom is 0.135 e. The minimum atomic E-state index is 0.907. The topological polar surface area (TPSA) is 41.1 Å². The van der Waals surface area contributed by atoms with Crippen LogP contribution in [0.15, 0.2) is 0 Å². The van der Waals surface area contributed by atoms with Crippen LogP contribution in [-0.4, -0.2) is 36.1 Å². The van der Waals surface area contributed by atoms with Crippen LogP contribution in [0.1, 0.15) is 37.4 Å². The van der Waals surface area contributed by atoms with E-state index in [2.05, 4.69) is 36.0 Å². The number of nitrogens with one attached hydrogen (secondary N) is 1. The van der Waals surface area contributed by atoms with Gasteiger partial charge in [0.25, 0.3) is 0 Å². The van der Waals surface area contributed by atoms with Crippen LogP contribution in [0.3, 0.4) is 0 Å². The van der Waals surface area contributed by atoms with Gasteiger partial charge in [-0.05, 0) is 26.3 Å². The van der Waals surface area contributed by atoms with Gasteiger partial charge in [-0.25, -0.2) is 9.97 Å². The molecular weight excluding hydrogens is 224 g/mol. The summed E-state index contributed by atoms with van der Waals surface area (Å²) in [6, 6.07) is 0. The Balaban J connectivity index is 2.36. The highest BCUT2D eigenvalue weighted by atomic mass is 15.2. The van der Waals surface area contributed by atoms with E-state index in [9.17, 15) is 0 Å². The Morgan fingerprint density at radius 2 is 1.94 bits per heavy atom. The largest absolute Gasteiger partial charge is 0.355 e. The van der Waals surface area contributed by atoms with E-state index in [-0.39, 0.29) is 0 Å². The molecule has 0 aliphatic carbocycles. The zero-order valence-electron chi connectivity index (χ0n) is 11.8. The van der Waals surface area contributed by atoms with Crippen LogP contribution in [0.5, 0.6) is 0 Å². The molecule has 0 unspecified atom stereocenters. The molecule has 0 amide bonds. The van der Waals surface area contributed by atoms with Gasteiger partial charge in [0.05, 0.1) is 0 Å². The van der Waals surface area contributed by atoms with Gasteiger partial charge in [-0.15, -0.1) is 0 Å². The van der Waals surface area contributed by atoms with Crippen LogP contribution in [0.4, 0.5) is 5.82 Å². The molecule has 1 saturated heterocycles. The van der Waals surface area contributed by atoms with Crippen molar-refractivity contribution in [3.05, 3.63) is 17.1 Å². The molecule has 2 rings (SSSR count). The fourth-order valence-electron chi connectivity index (χ4n) is 2.53. The number of nitrogens with zero attached hydrogens (tertiary/aromatic N) is 3. The van der Waals surface area contributed by atoms with Gasteiger partial charge in [-0.1, -0.05) is 13.8 Å². The number of aryl methyl sites for hydroxylation is 2. The molecule has 1 fully saturated rings. The summed E-state index contributed by atoms with van der Waals surface area (Å²) >= 11 is 0. The third-order valence-corrected chi connectivity index (χ3v) is 3.55.